The van der Waals surface area contributed by atoms with Gasteiger partial charge in [-0.3, -0.25) is 14.5 Å². The lowest BCUT2D eigenvalue weighted by Gasteiger charge is -2.27. The molecule has 2 amide bonds. The molecule has 120 valence electrons. The Morgan fingerprint density at radius 1 is 1.38 bits per heavy atom. The molecule has 0 radical (unpaired) electrons. The Hall–Kier alpha value is -0.890. The molecule has 1 atom stereocenters. The summed E-state index contributed by atoms with van der Waals surface area (Å²) < 4.78 is 5.30. The zero-order valence-electron chi connectivity index (χ0n) is 12.8. The van der Waals surface area contributed by atoms with Crippen LogP contribution in [-0.2, 0) is 14.3 Å². The maximum Gasteiger partial charge on any atom is 0.411 e. The van der Waals surface area contributed by atoms with Gasteiger partial charge in [-0.05, 0) is 20.8 Å². The molecule has 0 bridgehead atoms. The molecule has 1 aliphatic heterocycles. The summed E-state index contributed by atoms with van der Waals surface area (Å²) in [6, 6.07) is -0.507. The van der Waals surface area contributed by atoms with Crippen LogP contribution in [0, 0.1) is 0 Å². The van der Waals surface area contributed by atoms with Gasteiger partial charge in [0.2, 0.25) is 5.91 Å². The third kappa shape index (κ3) is 6.60. The van der Waals surface area contributed by atoms with E-state index in [0.717, 1.165) is 0 Å². The lowest BCUT2D eigenvalue weighted by Crippen LogP contribution is -2.49. The highest BCUT2D eigenvalue weighted by Crippen LogP contribution is 2.23. The van der Waals surface area contributed by atoms with Gasteiger partial charge < -0.3 is 10.1 Å². The standard InChI is InChI=1S/C13H22N2O4S2/c1-9(16)21-6-5-14-11(17)10-7-20-8-15(10)12(18)19-13(2,3)4/h10H,5-8H2,1-4H3,(H,14,17)/t10-/m0/s1. The molecule has 1 aliphatic rings. The fourth-order valence-electron chi connectivity index (χ4n) is 1.65. The van der Waals surface area contributed by atoms with Crippen molar-refractivity contribution in [3.05, 3.63) is 0 Å². The first-order chi connectivity index (χ1) is 9.70. The summed E-state index contributed by atoms with van der Waals surface area (Å²) in [6.45, 7) is 7.28. The number of nitrogens with one attached hydrogen (secondary N) is 1. The van der Waals surface area contributed by atoms with E-state index in [2.05, 4.69) is 5.32 Å². The fraction of sp³-hybridized carbons (Fsp3) is 0.769. The quantitative estimate of drug-likeness (QED) is 0.789. The normalized spacial score (nSPS) is 18.5. The van der Waals surface area contributed by atoms with Gasteiger partial charge in [0.25, 0.3) is 0 Å². The Bertz CT molecular complexity index is 409. The van der Waals surface area contributed by atoms with Crippen LogP contribution in [0.2, 0.25) is 0 Å². The Labute approximate surface area is 133 Å². The topological polar surface area (TPSA) is 75.7 Å². The predicted octanol–water partition coefficient (Wildman–Crippen LogP) is 1.69. The lowest BCUT2D eigenvalue weighted by atomic mass is 10.2. The number of rotatable bonds is 4. The zero-order chi connectivity index (χ0) is 16.0. The van der Waals surface area contributed by atoms with Crippen molar-refractivity contribution in [1.29, 1.82) is 0 Å². The number of thioether (sulfide) groups is 2. The van der Waals surface area contributed by atoms with Gasteiger partial charge in [-0.2, -0.15) is 0 Å². The van der Waals surface area contributed by atoms with Gasteiger partial charge in [-0.25, -0.2) is 4.79 Å². The molecule has 1 N–H and O–H groups in total. The molecule has 1 fully saturated rings. The van der Waals surface area contributed by atoms with Crippen molar-refractivity contribution in [2.24, 2.45) is 0 Å². The summed E-state index contributed by atoms with van der Waals surface area (Å²) in [7, 11) is 0. The maximum absolute atomic E-state index is 12.1. The highest BCUT2D eigenvalue weighted by molar-refractivity contribution is 8.13. The molecule has 1 saturated heterocycles. The molecule has 1 heterocycles. The summed E-state index contributed by atoms with van der Waals surface area (Å²) in [5.74, 6) is 1.35. The van der Waals surface area contributed by atoms with Crippen molar-refractivity contribution in [2.45, 2.75) is 39.3 Å². The second-order valence-electron chi connectivity index (χ2n) is 5.60. The van der Waals surface area contributed by atoms with Crippen molar-refractivity contribution < 1.29 is 19.1 Å². The maximum atomic E-state index is 12.1. The zero-order valence-corrected chi connectivity index (χ0v) is 14.4. The molecule has 8 heteroatoms. The van der Waals surface area contributed by atoms with Gasteiger partial charge in [0.1, 0.15) is 11.6 Å². The van der Waals surface area contributed by atoms with Crippen LogP contribution in [0.1, 0.15) is 27.7 Å². The van der Waals surface area contributed by atoms with Crippen LogP contribution >= 0.6 is 23.5 Å². The molecule has 0 aromatic carbocycles. The van der Waals surface area contributed by atoms with Crippen LogP contribution < -0.4 is 5.32 Å². The number of amides is 2. The summed E-state index contributed by atoms with van der Waals surface area (Å²) in [5, 5.41) is 2.78. The summed E-state index contributed by atoms with van der Waals surface area (Å²) in [6.07, 6.45) is -0.467. The van der Waals surface area contributed by atoms with E-state index < -0.39 is 17.7 Å². The monoisotopic (exact) mass is 334 g/mol. The van der Waals surface area contributed by atoms with Crippen molar-refractivity contribution in [1.82, 2.24) is 10.2 Å². The van der Waals surface area contributed by atoms with Crippen LogP contribution in [0.5, 0.6) is 0 Å². The molecule has 0 aromatic rings. The second-order valence-corrected chi connectivity index (χ2v) is 7.87. The number of nitrogens with zero attached hydrogens (tertiary/aromatic N) is 1. The minimum absolute atomic E-state index is 0.0241. The average Bonchev–Trinajstić information content (AvgIpc) is 2.81. The van der Waals surface area contributed by atoms with Crippen molar-refractivity contribution in [3.8, 4) is 0 Å². The summed E-state index contributed by atoms with van der Waals surface area (Å²) in [4.78, 5) is 36.4. The van der Waals surface area contributed by atoms with Gasteiger partial charge in [0, 0.05) is 25.0 Å². The third-order valence-corrected chi connectivity index (χ3v) is 4.35. The number of carbonyl (C=O) groups excluding carboxylic acids is 3. The first-order valence-electron chi connectivity index (χ1n) is 6.69. The second kappa shape index (κ2) is 7.93. The van der Waals surface area contributed by atoms with Gasteiger partial charge in [-0.1, -0.05) is 11.8 Å². The Kier molecular flexibility index (Phi) is 6.86. The molecule has 21 heavy (non-hydrogen) atoms. The molecule has 0 saturated carbocycles. The predicted molar refractivity (Wildman–Crippen MR) is 85.3 cm³/mol. The van der Waals surface area contributed by atoms with E-state index >= 15 is 0 Å². The SMILES string of the molecule is CC(=O)SCCNC(=O)[C@@H]1CSCN1C(=O)OC(C)(C)C. The van der Waals surface area contributed by atoms with Gasteiger partial charge in [0.15, 0.2) is 5.12 Å². The van der Waals surface area contributed by atoms with E-state index in [1.807, 2.05) is 0 Å². The Balaban J connectivity index is 2.46. The van der Waals surface area contributed by atoms with Crippen molar-refractivity contribution in [3.63, 3.8) is 0 Å². The van der Waals surface area contributed by atoms with Gasteiger partial charge >= 0.3 is 6.09 Å². The molecule has 0 spiro atoms. The Morgan fingerprint density at radius 3 is 2.62 bits per heavy atom. The Morgan fingerprint density at radius 2 is 2.05 bits per heavy atom. The van der Waals surface area contributed by atoms with Crippen molar-refractivity contribution in [2.75, 3.05) is 23.9 Å². The molecule has 0 aromatic heterocycles. The summed E-state index contributed by atoms with van der Waals surface area (Å²) >= 11 is 2.69. The largest absolute Gasteiger partial charge is 0.444 e. The summed E-state index contributed by atoms with van der Waals surface area (Å²) in [5.41, 5.74) is -0.580. The minimum atomic E-state index is -0.580. The lowest BCUT2D eigenvalue weighted by molar-refractivity contribution is -0.125. The number of hydrogen-bond acceptors (Lipinski definition) is 6. The van der Waals surface area contributed by atoms with Crippen LogP contribution in [-0.4, -0.2) is 57.6 Å². The van der Waals surface area contributed by atoms with E-state index in [1.165, 1.54) is 35.3 Å². The van der Waals surface area contributed by atoms with Crippen LogP contribution in [0.15, 0.2) is 0 Å². The van der Waals surface area contributed by atoms with Crippen LogP contribution in [0.4, 0.5) is 4.79 Å². The molecule has 0 unspecified atom stereocenters. The van der Waals surface area contributed by atoms with E-state index in [0.29, 0.717) is 23.9 Å². The number of hydrogen-bond donors (Lipinski definition) is 1. The first-order valence-corrected chi connectivity index (χ1v) is 8.83. The molecule has 1 rings (SSSR count). The number of ether oxygens (including phenoxy) is 1. The van der Waals surface area contributed by atoms with E-state index in [9.17, 15) is 14.4 Å². The van der Waals surface area contributed by atoms with Gasteiger partial charge in [0.05, 0.1) is 5.88 Å². The molecule has 0 aliphatic carbocycles. The van der Waals surface area contributed by atoms with E-state index in [-0.39, 0.29) is 11.0 Å². The third-order valence-electron chi connectivity index (χ3n) is 2.52. The van der Waals surface area contributed by atoms with Gasteiger partial charge in [-0.15, -0.1) is 11.8 Å². The average molecular weight is 334 g/mol. The van der Waals surface area contributed by atoms with E-state index in [4.69, 9.17) is 4.74 Å². The minimum Gasteiger partial charge on any atom is -0.444 e. The number of carbonyl (C=O) groups is 3. The molecular weight excluding hydrogens is 312 g/mol. The fourth-order valence-corrected chi connectivity index (χ4v) is 3.28. The first kappa shape index (κ1) is 18.2. The van der Waals surface area contributed by atoms with Crippen LogP contribution in [0.3, 0.4) is 0 Å². The highest BCUT2D eigenvalue weighted by Gasteiger charge is 2.36. The molecule has 6 nitrogen and oxygen atoms in total. The van der Waals surface area contributed by atoms with E-state index in [1.54, 1.807) is 20.8 Å². The van der Waals surface area contributed by atoms with Crippen LogP contribution in [0.25, 0.3) is 0 Å². The van der Waals surface area contributed by atoms with Crippen molar-refractivity contribution >= 4 is 40.6 Å². The highest BCUT2D eigenvalue weighted by atomic mass is 32.2. The molecular formula is C13H22N2O4S2. The smallest absolute Gasteiger partial charge is 0.411 e.